The fraction of sp³-hybridized carbons (Fsp3) is 1.00. The predicted octanol–water partition coefficient (Wildman–Crippen LogP) is 4.48. The number of rotatable bonds is 5. The second-order valence-electron chi connectivity index (χ2n) is 5.61. The van der Waals surface area contributed by atoms with Gasteiger partial charge in [0.05, 0.1) is 0 Å². The Morgan fingerprint density at radius 3 is 1.85 bits per heavy atom. The van der Waals surface area contributed by atoms with Gasteiger partial charge in [-0.1, -0.05) is 43.6 Å². The normalized spacial score (nSPS) is 25.6. The van der Waals surface area contributed by atoms with Crippen LogP contribution in [-0.4, -0.2) is 5.33 Å². The van der Waals surface area contributed by atoms with Crippen molar-refractivity contribution >= 4 is 15.9 Å². The highest BCUT2D eigenvalue weighted by atomic mass is 79.9. The first-order chi connectivity index (χ1) is 6.00. The quantitative estimate of drug-likeness (QED) is 0.628. The number of hydrogen-bond donors (Lipinski definition) is 0. The van der Waals surface area contributed by atoms with Gasteiger partial charge in [-0.25, -0.2) is 0 Å². The van der Waals surface area contributed by atoms with E-state index in [2.05, 4.69) is 43.6 Å². The molecule has 78 valence electrons. The van der Waals surface area contributed by atoms with Gasteiger partial charge in [0.1, 0.15) is 0 Å². The first kappa shape index (κ1) is 11.6. The molecule has 1 saturated carbocycles. The summed E-state index contributed by atoms with van der Waals surface area (Å²) < 4.78 is 0. The summed E-state index contributed by atoms with van der Waals surface area (Å²) >= 11 is 3.63. The third kappa shape index (κ3) is 2.97. The average molecular weight is 247 g/mol. The molecule has 0 amide bonds. The van der Waals surface area contributed by atoms with E-state index in [0.29, 0.717) is 5.41 Å². The molecule has 1 aliphatic rings. The van der Waals surface area contributed by atoms with Crippen LogP contribution in [0.5, 0.6) is 0 Å². The van der Waals surface area contributed by atoms with Crippen molar-refractivity contribution in [3.05, 3.63) is 0 Å². The minimum absolute atomic E-state index is 0.714. The lowest BCUT2D eigenvalue weighted by Crippen LogP contribution is -2.12. The molecule has 0 nitrogen and oxygen atoms in total. The van der Waals surface area contributed by atoms with Crippen LogP contribution >= 0.6 is 15.9 Å². The first-order valence-corrected chi connectivity index (χ1v) is 6.68. The first-order valence-electron chi connectivity index (χ1n) is 5.56. The van der Waals surface area contributed by atoms with Gasteiger partial charge in [0, 0.05) is 5.33 Å². The highest BCUT2D eigenvalue weighted by Crippen LogP contribution is 2.60. The molecule has 1 unspecified atom stereocenters. The average Bonchev–Trinajstić information content (AvgIpc) is 2.59. The molecular weight excluding hydrogens is 224 g/mol. The molecule has 0 aromatic rings. The van der Waals surface area contributed by atoms with Gasteiger partial charge in [0.15, 0.2) is 0 Å². The molecule has 0 bridgehead atoms. The zero-order valence-corrected chi connectivity index (χ0v) is 11.0. The Balaban J connectivity index is 2.47. The van der Waals surface area contributed by atoms with Crippen LogP contribution in [0.3, 0.4) is 0 Å². The monoisotopic (exact) mass is 246 g/mol. The van der Waals surface area contributed by atoms with Crippen molar-refractivity contribution in [2.75, 3.05) is 5.33 Å². The smallest absolute Gasteiger partial charge is 0.00651 e. The number of alkyl halides is 1. The van der Waals surface area contributed by atoms with Crippen molar-refractivity contribution in [3.8, 4) is 0 Å². The fourth-order valence-electron chi connectivity index (χ4n) is 2.86. The summed E-state index contributed by atoms with van der Waals surface area (Å²) in [5.74, 6) is 2.70. The molecular formula is C12H23Br. The lowest BCUT2D eigenvalue weighted by atomic mass is 9.85. The van der Waals surface area contributed by atoms with Crippen LogP contribution in [0.2, 0.25) is 0 Å². The summed E-state index contributed by atoms with van der Waals surface area (Å²) in [6.45, 7) is 9.41. The van der Waals surface area contributed by atoms with Gasteiger partial charge < -0.3 is 0 Å². The molecule has 1 rings (SSSR count). The SMILES string of the molecule is CC(C)CC1(CC(C)C)CC1CBr. The largest absolute Gasteiger partial charge is 0.0925 e. The third-order valence-corrected chi connectivity index (χ3v) is 3.96. The van der Waals surface area contributed by atoms with Crippen molar-refractivity contribution < 1.29 is 0 Å². The van der Waals surface area contributed by atoms with Crippen molar-refractivity contribution in [2.45, 2.75) is 47.0 Å². The molecule has 0 aliphatic heterocycles. The summed E-state index contributed by atoms with van der Waals surface area (Å²) in [4.78, 5) is 0. The van der Waals surface area contributed by atoms with Crippen LogP contribution in [0.1, 0.15) is 47.0 Å². The molecule has 0 spiro atoms. The van der Waals surface area contributed by atoms with E-state index in [1.807, 2.05) is 0 Å². The molecule has 0 heterocycles. The lowest BCUT2D eigenvalue weighted by Gasteiger charge is -2.21. The Morgan fingerprint density at radius 2 is 1.62 bits per heavy atom. The molecule has 0 aromatic carbocycles. The molecule has 0 N–H and O–H groups in total. The van der Waals surface area contributed by atoms with Gasteiger partial charge in [-0.05, 0) is 42.4 Å². The van der Waals surface area contributed by atoms with E-state index < -0.39 is 0 Å². The minimum Gasteiger partial charge on any atom is -0.0925 e. The summed E-state index contributed by atoms with van der Waals surface area (Å²) in [6.07, 6.45) is 4.33. The Morgan fingerprint density at radius 1 is 1.15 bits per heavy atom. The summed E-state index contributed by atoms with van der Waals surface area (Å²) in [5.41, 5.74) is 0.714. The molecule has 1 fully saturated rings. The Kier molecular flexibility index (Phi) is 3.85. The summed E-state index contributed by atoms with van der Waals surface area (Å²) in [7, 11) is 0. The van der Waals surface area contributed by atoms with Crippen LogP contribution < -0.4 is 0 Å². The molecule has 1 aliphatic carbocycles. The van der Waals surface area contributed by atoms with E-state index in [1.165, 1.54) is 24.6 Å². The summed E-state index contributed by atoms with van der Waals surface area (Å²) in [6, 6.07) is 0. The van der Waals surface area contributed by atoms with Gasteiger partial charge in [-0.15, -0.1) is 0 Å². The second-order valence-corrected chi connectivity index (χ2v) is 6.26. The van der Waals surface area contributed by atoms with Crippen molar-refractivity contribution in [1.29, 1.82) is 0 Å². The van der Waals surface area contributed by atoms with E-state index in [0.717, 1.165) is 17.8 Å². The van der Waals surface area contributed by atoms with Gasteiger partial charge >= 0.3 is 0 Å². The van der Waals surface area contributed by atoms with E-state index in [9.17, 15) is 0 Å². The van der Waals surface area contributed by atoms with E-state index in [1.54, 1.807) is 0 Å². The predicted molar refractivity (Wildman–Crippen MR) is 63.2 cm³/mol. The van der Waals surface area contributed by atoms with Crippen molar-refractivity contribution in [2.24, 2.45) is 23.2 Å². The lowest BCUT2D eigenvalue weighted by molar-refractivity contribution is 0.301. The van der Waals surface area contributed by atoms with E-state index >= 15 is 0 Å². The minimum atomic E-state index is 0.714. The maximum Gasteiger partial charge on any atom is 0.00651 e. The molecule has 1 heteroatoms. The molecule has 1 atom stereocenters. The van der Waals surface area contributed by atoms with E-state index in [-0.39, 0.29) is 0 Å². The zero-order chi connectivity index (χ0) is 10.1. The summed E-state index contributed by atoms with van der Waals surface area (Å²) in [5, 5.41) is 1.21. The standard InChI is InChI=1S/C12H23Br/c1-9(2)5-12(6-10(3)4)7-11(12)8-13/h9-11H,5-8H2,1-4H3. The zero-order valence-electron chi connectivity index (χ0n) is 9.44. The van der Waals surface area contributed by atoms with Gasteiger partial charge in [-0.3, -0.25) is 0 Å². The number of halogens is 1. The Hall–Kier alpha value is 0.480. The highest BCUT2D eigenvalue weighted by molar-refractivity contribution is 9.09. The highest BCUT2D eigenvalue weighted by Gasteiger charge is 2.52. The van der Waals surface area contributed by atoms with Gasteiger partial charge in [0.2, 0.25) is 0 Å². The van der Waals surface area contributed by atoms with Crippen LogP contribution in [0.4, 0.5) is 0 Å². The van der Waals surface area contributed by atoms with Crippen LogP contribution in [-0.2, 0) is 0 Å². The molecule has 0 radical (unpaired) electrons. The van der Waals surface area contributed by atoms with Crippen LogP contribution in [0.25, 0.3) is 0 Å². The second kappa shape index (κ2) is 4.33. The molecule has 13 heavy (non-hydrogen) atoms. The Labute approximate surface area is 91.6 Å². The van der Waals surface area contributed by atoms with Gasteiger partial charge in [0.25, 0.3) is 0 Å². The van der Waals surface area contributed by atoms with Crippen LogP contribution in [0.15, 0.2) is 0 Å². The van der Waals surface area contributed by atoms with Crippen molar-refractivity contribution in [1.82, 2.24) is 0 Å². The third-order valence-electron chi connectivity index (χ3n) is 3.17. The van der Waals surface area contributed by atoms with Crippen LogP contribution in [0, 0.1) is 23.2 Å². The molecule has 0 saturated heterocycles. The maximum atomic E-state index is 3.63. The molecule has 0 aromatic heterocycles. The van der Waals surface area contributed by atoms with Crippen molar-refractivity contribution in [3.63, 3.8) is 0 Å². The fourth-order valence-corrected chi connectivity index (χ4v) is 3.78. The van der Waals surface area contributed by atoms with E-state index in [4.69, 9.17) is 0 Å². The topological polar surface area (TPSA) is 0 Å². The van der Waals surface area contributed by atoms with Gasteiger partial charge in [-0.2, -0.15) is 0 Å². The maximum absolute atomic E-state index is 3.63. The Bertz CT molecular complexity index is 151. The number of hydrogen-bond acceptors (Lipinski definition) is 0.